The highest BCUT2D eigenvalue weighted by Crippen LogP contribution is 2.23. The van der Waals surface area contributed by atoms with E-state index < -0.39 is 21.4 Å². The van der Waals surface area contributed by atoms with Gasteiger partial charge in [0, 0.05) is 32.2 Å². The molecule has 0 spiro atoms. The first-order chi connectivity index (χ1) is 14.2. The van der Waals surface area contributed by atoms with Gasteiger partial charge in [0.15, 0.2) is 0 Å². The first-order valence-corrected chi connectivity index (χ1v) is 10.6. The monoisotopic (exact) mass is 430 g/mol. The number of aromatic nitrogens is 1. The highest BCUT2D eigenvalue weighted by Gasteiger charge is 2.21. The van der Waals surface area contributed by atoms with Crippen molar-refractivity contribution >= 4 is 26.9 Å². The Bertz CT molecular complexity index is 1280. The topological polar surface area (TPSA) is 117 Å². The maximum atomic E-state index is 12.7. The zero-order valence-electron chi connectivity index (χ0n) is 16.6. The Morgan fingerprint density at radius 1 is 1.13 bits per heavy atom. The summed E-state index contributed by atoms with van der Waals surface area (Å²) in [6.07, 6.45) is 1.47. The molecule has 0 bridgehead atoms. The van der Waals surface area contributed by atoms with Crippen LogP contribution in [0, 0.1) is 0 Å². The number of hydrogen-bond donors (Lipinski definition) is 2. The van der Waals surface area contributed by atoms with E-state index in [9.17, 15) is 28.2 Å². The molecule has 0 unspecified atom stereocenters. The van der Waals surface area contributed by atoms with E-state index in [0.717, 1.165) is 4.31 Å². The summed E-state index contributed by atoms with van der Waals surface area (Å²) in [4.78, 5) is 24.3. The van der Waals surface area contributed by atoms with Crippen molar-refractivity contribution in [1.29, 1.82) is 0 Å². The second-order valence-electron chi connectivity index (χ2n) is 7.02. The summed E-state index contributed by atoms with van der Waals surface area (Å²) in [5.74, 6) is -1.35. The van der Waals surface area contributed by atoms with Gasteiger partial charge < -0.3 is 14.8 Å². The third-order valence-electron chi connectivity index (χ3n) is 4.84. The van der Waals surface area contributed by atoms with E-state index >= 15 is 0 Å². The van der Waals surface area contributed by atoms with Crippen LogP contribution in [0.4, 0.5) is 0 Å². The van der Waals surface area contributed by atoms with Gasteiger partial charge in [0.1, 0.15) is 5.56 Å². The quantitative estimate of drug-likeness (QED) is 0.587. The number of rotatable bonds is 7. The summed E-state index contributed by atoms with van der Waals surface area (Å²) in [6.45, 7) is -0.0745. The average molecular weight is 430 g/mol. The van der Waals surface area contributed by atoms with Gasteiger partial charge >= 0.3 is 5.97 Å². The summed E-state index contributed by atoms with van der Waals surface area (Å²) in [7, 11) is -0.733. The number of benzene rings is 2. The number of sulfonamides is 1. The molecule has 0 fully saturated rings. The van der Waals surface area contributed by atoms with Crippen molar-refractivity contribution in [3.63, 3.8) is 0 Å². The molecule has 0 amide bonds. The lowest BCUT2D eigenvalue weighted by atomic mass is 10.0. The minimum atomic E-state index is -3.65. The number of aromatic carboxylic acids is 1. The lowest BCUT2D eigenvalue weighted by Crippen LogP contribution is -2.23. The van der Waals surface area contributed by atoms with Gasteiger partial charge in [0.05, 0.1) is 17.0 Å². The van der Waals surface area contributed by atoms with Crippen molar-refractivity contribution in [3.05, 3.63) is 75.6 Å². The molecule has 0 saturated carbocycles. The van der Waals surface area contributed by atoms with Crippen LogP contribution in [0.2, 0.25) is 0 Å². The molecule has 0 aliphatic rings. The van der Waals surface area contributed by atoms with Crippen LogP contribution in [0.25, 0.3) is 10.9 Å². The van der Waals surface area contributed by atoms with Crippen LogP contribution >= 0.6 is 0 Å². The minimum Gasteiger partial charge on any atom is -0.477 e. The first-order valence-electron chi connectivity index (χ1n) is 9.17. The molecular weight excluding hydrogens is 408 g/mol. The molecule has 1 aromatic heterocycles. The smallest absolute Gasteiger partial charge is 0.341 e. The first kappa shape index (κ1) is 21.7. The molecule has 0 saturated heterocycles. The van der Waals surface area contributed by atoms with Crippen molar-refractivity contribution in [3.8, 4) is 0 Å². The Labute approximate surface area is 173 Å². The van der Waals surface area contributed by atoms with E-state index in [1.54, 1.807) is 36.4 Å². The van der Waals surface area contributed by atoms with Crippen molar-refractivity contribution in [2.24, 2.45) is 0 Å². The number of carboxylic acids is 1. The second kappa shape index (κ2) is 8.39. The van der Waals surface area contributed by atoms with Crippen molar-refractivity contribution in [2.45, 2.75) is 17.9 Å². The van der Waals surface area contributed by atoms with Crippen LogP contribution in [0.3, 0.4) is 0 Å². The summed E-state index contributed by atoms with van der Waals surface area (Å²) >= 11 is 0. The van der Waals surface area contributed by atoms with E-state index in [0.29, 0.717) is 16.6 Å². The van der Waals surface area contributed by atoms with Crippen molar-refractivity contribution in [2.75, 3.05) is 20.7 Å². The van der Waals surface area contributed by atoms with E-state index in [1.807, 2.05) is 0 Å². The average Bonchev–Trinajstić information content (AvgIpc) is 2.70. The van der Waals surface area contributed by atoms with Gasteiger partial charge in [0.25, 0.3) is 0 Å². The third kappa shape index (κ3) is 4.00. The fourth-order valence-corrected chi connectivity index (χ4v) is 4.43. The third-order valence-corrected chi connectivity index (χ3v) is 6.76. The van der Waals surface area contributed by atoms with Crippen LogP contribution in [-0.2, 0) is 23.0 Å². The molecule has 0 aliphatic heterocycles. The van der Waals surface area contributed by atoms with Gasteiger partial charge in [-0.25, -0.2) is 17.5 Å². The molecule has 0 aliphatic carbocycles. The predicted octanol–water partition coefficient (Wildman–Crippen LogP) is 1.53. The minimum absolute atomic E-state index is 0.139. The van der Waals surface area contributed by atoms with Crippen LogP contribution in [0.5, 0.6) is 0 Å². The van der Waals surface area contributed by atoms with E-state index in [2.05, 4.69) is 0 Å². The van der Waals surface area contributed by atoms with Crippen LogP contribution in [-0.4, -0.2) is 54.2 Å². The zero-order valence-corrected chi connectivity index (χ0v) is 17.4. The lowest BCUT2D eigenvalue weighted by Gasteiger charge is -2.16. The Kier molecular flexibility index (Phi) is 6.06. The molecular formula is C21H22N2O6S. The Hall–Kier alpha value is -3.01. The maximum absolute atomic E-state index is 12.7. The second-order valence-corrected chi connectivity index (χ2v) is 9.14. The van der Waals surface area contributed by atoms with Crippen LogP contribution < -0.4 is 5.43 Å². The summed E-state index contributed by atoms with van der Waals surface area (Å²) < 4.78 is 27.9. The van der Waals surface area contributed by atoms with Crippen LogP contribution in [0.1, 0.15) is 21.5 Å². The molecule has 3 aromatic rings. The lowest BCUT2D eigenvalue weighted by molar-refractivity contribution is 0.0694. The number of pyridine rings is 1. The summed E-state index contributed by atoms with van der Waals surface area (Å²) in [5, 5.41) is 18.8. The maximum Gasteiger partial charge on any atom is 0.341 e. The standard InChI is InChI=1S/C21H22N2O6S/c1-22(2)30(28,29)19-6-4-3-5-15(19)11-14-7-8-18-16(12-14)20(25)17(21(26)27)13-23(18)9-10-24/h3-8,12-13,24H,9-11H2,1-2H3,(H,26,27). The largest absolute Gasteiger partial charge is 0.477 e. The molecule has 8 nitrogen and oxygen atoms in total. The number of aliphatic hydroxyl groups excluding tert-OH is 1. The van der Waals surface area contributed by atoms with E-state index in [-0.39, 0.29) is 35.4 Å². The fourth-order valence-electron chi connectivity index (χ4n) is 3.32. The molecule has 0 atom stereocenters. The number of fused-ring (bicyclic) bond motifs is 1. The molecule has 1 heterocycles. The van der Waals surface area contributed by atoms with Crippen molar-refractivity contribution < 1.29 is 23.4 Å². The van der Waals surface area contributed by atoms with Gasteiger partial charge in [-0.2, -0.15) is 0 Å². The fraction of sp³-hybridized carbons (Fsp3) is 0.238. The summed E-state index contributed by atoms with van der Waals surface area (Å²) in [6, 6.07) is 11.6. The molecule has 3 rings (SSSR count). The van der Waals surface area contributed by atoms with Gasteiger partial charge in [-0.05, 0) is 35.7 Å². The van der Waals surface area contributed by atoms with Crippen LogP contribution in [0.15, 0.2) is 58.4 Å². The number of aliphatic hydroxyl groups is 1. The number of hydrogen-bond acceptors (Lipinski definition) is 5. The normalized spacial score (nSPS) is 11.9. The molecule has 9 heteroatoms. The van der Waals surface area contributed by atoms with Gasteiger partial charge in [0.2, 0.25) is 15.5 Å². The molecule has 2 aromatic carbocycles. The highest BCUT2D eigenvalue weighted by atomic mass is 32.2. The number of carbonyl (C=O) groups is 1. The summed E-state index contributed by atoms with van der Waals surface area (Å²) in [5.41, 5.74) is 0.720. The van der Waals surface area contributed by atoms with Gasteiger partial charge in [-0.15, -0.1) is 0 Å². The molecule has 158 valence electrons. The van der Waals surface area contributed by atoms with Crippen molar-refractivity contribution in [1.82, 2.24) is 8.87 Å². The highest BCUT2D eigenvalue weighted by molar-refractivity contribution is 7.89. The molecule has 30 heavy (non-hydrogen) atoms. The Balaban J connectivity index is 2.15. The van der Waals surface area contributed by atoms with E-state index in [4.69, 9.17) is 0 Å². The van der Waals surface area contributed by atoms with Gasteiger partial charge in [-0.1, -0.05) is 24.3 Å². The molecule has 0 radical (unpaired) electrons. The Morgan fingerprint density at radius 2 is 1.83 bits per heavy atom. The zero-order chi connectivity index (χ0) is 22.1. The van der Waals surface area contributed by atoms with E-state index in [1.165, 1.54) is 30.9 Å². The Morgan fingerprint density at radius 3 is 2.47 bits per heavy atom. The predicted molar refractivity (Wildman–Crippen MR) is 112 cm³/mol. The number of carboxylic acid groups (broad SMARTS) is 1. The number of nitrogens with zero attached hydrogens (tertiary/aromatic N) is 2. The molecule has 2 N–H and O–H groups in total. The SMILES string of the molecule is CN(C)S(=O)(=O)c1ccccc1Cc1ccc2c(c1)c(=O)c(C(=O)O)cn2CCO. The van der Waals surface area contributed by atoms with Gasteiger partial charge in [-0.3, -0.25) is 4.79 Å².